The Hall–Kier alpha value is -2.81. The molecule has 2 amide bonds. The van der Waals surface area contributed by atoms with Crippen LogP contribution in [0, 0.1) is 3.70 Å². The number of carbonyl (C=O) groups excluding carboxylic acids is 2. The van der Waals surface area contributed by atoms with Gasteiger partial charge in [0, 0.05) is 46.8 Å². The Morgan fingerprint density at radius 1 is 0.776 bits per heavy atom. The summed E-state index contributed by atoms with van der Waals surface area (Å²) in [6, 6.07) is 3.10. The summed E-state index contributed by atoms with van der Waals surface area (Å²) < 4.78 is 91.9. The Morgan fingerprint density at radius 2 is 1.22 bits per heavy atom. The standard InChI is InChI=1S/C15H16BrF3IN3O2.C15H17BrF3N3O2/c1-14(2,3)25-13(24)22(5-4-15(17,18)19)10-6-9(16)8-23-11(20)7-21-12(10)23;1-14(2,3)24-13(23)22(6-4-15(17,18)19)11-8-10(16)9-21-7-5-20-12(11)21/h6-8H,4-5H2,1-3H3;5,7-9H,4,6H2,1-3H3. The van der Waals surface area contributed by atoms with Gasteiger partial charge in [-0.2, -0.15) is 26.3 Å². The number of amides is 2. The van der Waals surface area contributed by atoms with Gasteiger partial charge in [0.15, 0.2) is 11.3 Å². The lowest BCUT2D eigenvalue weighted by atomic mass is 10.2. The van der Waals surface area contributed by atoms with E-state index in [-0.39, 0.29) is 11.4 Å². The van der Waals surface area contributed by atoms with E-state index in [2.05, 4.69) is 41.8 Å². The Labute approximate surface area is 308 Å². The lowest BCUT2D eigenvalue weighted by Crippen LogP contribution is -2.39. The fourth-order valence-corrected chi connectivity index (χ4v) is 5.48. The van der Waals surface area contributed by atoms with Gasteiger partial charge in [0.05, 0.1) is 30.4 Å². The first-order valence-electron chi connectivity index (χ1n) is 14.4. The number of alkyl halides is 6. The van der Waals surface area contributed by atoms with Crippen molar-refractivity contribution in [2.75, 3.05) is 22.9 Å². The lowest BCUT2D eigenvalue weighted by Gasteiger charge is -2.28. The summed E-state index contributed by atoms with van der Waals surface area (Å²) in [5.74, 6) is 0. The van der Waals surface area contributed by atoms with E-state index in [0.717, 1.165) is 13.5 Å². The van der Waals surface area contributed by atoms with E-state index in [4.69, 9.17) is 9.47 Å². The van der Waals surface area contributed by atoms with Crippen LogP contribution in [0.1, 0.15) is 54.4 Å². The normalized spacial score (nSPS) is 12.5. The zero-order chi connectivity index (χ0) is 37.1. The van der Waals surface area contributed by atoms with Crippen LogP contribution in [0.3, 0.4) is 0 Å². The summed E-state index contributed by atoms with van der Waals surface area (Å²) in [7, 11) is 0. The monoisotopic (exact) mass is 940 g/mol. The summed E-state index contributed by atoms with van der Waals surface area (Å²) >= 11 is 8.66. The van der Waals surface area contributed by atoms with Crippen molar-refractivity contribution in [1.82, 2.24) is 18.8 Å². The van der Waals surface area contributed by atoms with E-state index in [9.17, 15) is 35.9 Å². The second-order valence-corrected chi connectivity index (χ2v) is 15.5. The third-order valence-corrected chi connectivity index (χ3v) is 7.66. The molecular weight excluding hydrogens is 909 g/mol. The van der Waals surface area contributed by atoms with E-state index in [1.54, 1.807) is 87.3 Å². The highest BCUT2D eigenvalue weighted by atomic mass is 127. The molecule has 0 bridgehead atoms. The number of hydrogen-bond donors (Lipinski definition) is 0. The number of nitrogens with zero attached hydrogens (tertiary/aromatic N) is 6. The van der Waals surface area contributed by atoms with E-state index in [1.807, 2.05) is 22.6 Å². The summed E-state index contributed by atoms with van der Waals surface area (Å²) in [5.41, 5.74) is -0.430. The lowest BCUT2D eigenvalue weighted by molar-refractivity contribution is -0.133. The van der Waals surface area contributed by atoms with Crippen molar-refractivity contribution in [3.8, 4) is 0 Å². The first-order valence-corrected chi connectivity index (χ1v) is 17.1. The molecule has 0 fully saturated rings. The van der Waals surface area contributed by atoms with Crippen LogP contribution in [0.5, 0.6) is 0 Å². The maximum Gasteiger partial charge on any atom is 0.414 e. The zero-order valence-corrected chi connectivity index (χ0v) is 32.4. The van der Waals surface area contributed by atoms with Crippen molar-refractivity contribution in [2.45, 2.75) is 77.9 Å². The van der Waals surface area contributed by atoms with Gasteiger partial charge in [0.1, 0.15) is 14.9 Å². The maximum atomic E-state index is 12.7. The fraction of sp³-hybridized carbons (Fsp3) is 0.467. The summed E-state index contributed by atoms with van der Waals surface area (Å²) in [6.07, 6.45) is -4.65. The average molecular weight is 942 g/mol. The molecule has 49 heavy (non-hydrogen) atoms. The predicted molar refractivity (Wildman–Crippen MR) is 187 cm³/mol. The molecule has 4 aromatic heterocycles. The van der Waals surface area contributed by atoms with Gasteiger partial charge in [-0.3, -0.25) is 14.2 Å². The van der Waals surface area contributed by atoms with Gasteiger partial charge in [0.25, 0.3) is 0 Å². The molecule has 19 heteroatoms. The minimum atomic E-state index is -4.40. The molecule has 0 aliphatic carbocycles. The molecule has 0 aliphatic heterocycles. The summed E-state index contributed by atoms with van der Waals surface area (Å²) in [4.78, 5) is 35.2. The van der Waals surface area contributed by atoms with Crippen LogP contribution in [0.25, 0.3) is 11.3 Å². The number of halogens is 9. The molecule has 4 rings (SSSR count). The Kier molecular flexibility index (Phi) is 12.9. The van der Waals surface area contributed by atoms with Crippen LogP contribution in [-0.4, -0.2) is 67.6 Å². The zero-order valence-electron chi connectivity index (χ0n) is 27.1. The molecule has 0 saturated heterocycles. The Morgan fingerprint density at radius 3 is 1.67 bits per heavy atom. The van der Waals surface area contributed by atoms with E-state index >= 15 is 0 Å². The number of aromatic nitrogens is 4. The van der Waals surface area contributed by atoms with Gasteiger partial charge in [-0.1, -0.05) is 0 Å². The highest BCUT2D eigenvalue weighted by molar-refractivity contribution is 14.1. The van der Waals surface area contributed by atoms with Crippen molar-refractivity contribution in [1.29, 1.82) is 0 Å². The highest BCUT2D eigenvalue weighted by Crippen LogP contribution is 2.31. The van der Waals surface area contributed by atoms with Crippen LogP contribution >= 0.6 is 54.5 Å². The topological polar surface area (TPSA) is 93.7 Å². The third-order valence-electron chi connectivity index (χ3n) is 5.99. The number of rotatable bonds is 6. The molecule has 0 aromatic carbocycles. The van der Waals surface area contributed by atoms with Crippen molar-refractivity contribution < 1.29 is 45.4 Å². The van der Waals surface area contributed by atoms with Crippen molar-refractivity contribution in [3.63, 3.8) is 0 Å². The summed E-state index contributed by atoms with van der Waals surface area (Å²) in [6.45, 7) is 8.80. The minimum Gasteiger partial charge on any atom is -0.443 e. The molecule has 0 radical (unpaired) electrons. The fourth-order valence-electron chi connectivity index (χ4n) is 4.12. The van der Waals surface area contributed by atoms with Gasteiger partial charge in [-0.15, -0.1) is 0 Å². The van der Waals surface area contributed by atoms with E-state index in [0.29, 0.717) is 20.2 Å². The molecule has 0 unspecified atom stereocenters. The number of ether oxygens (including phenoxy) is 2. The molecule has 0 atom stereocenters. The second-order valence-electron chi connectivity index (χ2n) is 12.5. The number of hydrogen-bond acceptors (Lipinski definition) is 6. The Balaban J connectivity index is 0.000000266. The number of pyridine rings is 2. The quantitative estimate of drug-likeness (QED) is 0.141. The third kappa shape index (κ3) is 12.5. The van der Waals surface area contributed by atoms with Gasteiger partial charge in [-0.05, 0) is 108 Å². The smallest absolute Gasteiger partial charge is 0.414 e. The largest absolute Gasteiger partial charge is 0.443 e. The van der Waals surface area contributed by atoms with Crippen molar-refractivity contribution in [3.05, 3.63) is 55.8 Å². The molecule has 0 spiro atoms. The average Bonchev–Trinajstić information content (AvgIpc) is 3.52. The van der Waals surface area contributed by atoms with E-state index < -0.39 is 61.7 Å². The number of imidazole rings is 2. The molecule has 0 N–H and O–H groups in total. The van der Waals surface area contributed by atoms with Crippen LogP contribution in [0.15, 0.2) is 52.1 Å². The molecular formula is C30H33Br2F6IN6O4. The molecule has 4 heterocycles. The number of fused-ring (bicyclic) bond motifs is 2. The number of anilines is 2. The van der Waals surface area contributed by atoms with Gasteiger partial charge in [-0.25, -0.2) is 19.6 Å². The first-order chi connectivity index (χ1) is 22.3. The van der Waals surface area contributed by atoms with Gasteiger partial charge < -0.3 is 13.9 Å². The van der Waals surface area contributed by atoms with Crippen LogP contribution in [-0.2, 0) is 9.47 Å². The number of carbonyl (C=O) groups is 2. The van der Waals surface area contributed by atoms with Crippen LogP contribution in [0.2, 0.25) is 0 Å². The van der Waals surface area contributed by atoms with Crippen molar-refractivity contribution in [2.24, 2.45) is 0 Å². The van der Waals surface area contributed by atoms with Crippen molar-refractivity contribution >= 4 is 89.3 Å². The van der Waals surface area contributed by atoms with Gasteiger partial charge in [0.2, 0.25) is 0 Å². The minimum absolute atomic E-state index is 0.243. The molecule has 4 aromatic rings. The summed E-state index contributed by atoms with van der Waals surface area (Å²) in [5, 5.41) is 0. The SMILES string of the molecule is CC(C)(C)OC(=O)N(CCC(F)(F)F)c1cc(Br)cn2c(I)cnc12.CC(C)(C)OC(=O)N(CCC(F)(F)F)c1cc(Br)cn2ccnc12. The van der Waals surface area contributed by atoms with Crippen LogP contribution in [0.4, 0.5) is 47.3 Å². The predicted octanol–water partition coefficient (Wildman–Crippen LogP) is 10.2. The first kappa shape index (κ1) is 40.6. The maximum absolute atomic E-state index is 12.7. The van der Waals surface area contributed by atoms with Crippen LogP contribution < -0.4 is 9.80 Å². The molecule has 0 saturated carbocycles. The molecule has 0 aliphatic rings. The molecule has 270 valence electrons. The van der Waals surface area contributed by atoms with E-state index in [1.165, 1.54) is 6.20 Å². The Bertz CT molecular complexity index is 1780. The second kappa shape index (κ2) is 15.6. The molecule has 10 nitrogen and oxygen atoms in total. The highest BCUT2D eigenvalue weighted by Gasteiger charge is 2.34. The van der Waals surface area contributed by atoms with Gasteiger partial charge >= 0.3 is 24.5 Å².